The molecule has 0 amide bonds. The minimum Gasteiger partial charge on any atom is -0.497 e. The van der Waals surface area contributed by atoms with Gasteiger partial charge in [0.05, 0.1) is 19.9 Å². The molecule has 0 unspecified atom stereocenters. The minimum atomic E-state index is -0.373. The van der Waals surface area contributed by atoms with Crippen molar-refractivity contribution < 1.29 is 13.9 Å². The molecule has 0 N–H and O–H groups in total. The molecule has 22 heavy (non-hydrogen) atoms. The van der Waals surface area contributed by atoms with Gasteiger partial charge < -0.3 is 14.4 Å². The van der Waals surface area contributed by atoms with Gasteiger partial charge in [0.25, 0.3) is 0 Å². The van der Waals surface area contributed by atoms with Crippen LogP contribution in [-0.2, 0) is 13.0 Å². The molecule has 2 rings (SSSR count). The van der Waals surface area contributed by atoms with Crippen LogP contribution in [-0.4, -0.2) is 31.2 Å². The van der Waals surface area contributed by atoms with Crippen LogP contribution in [0.4, 0.5) is 10.2 Å². The topological polar surface area (TPSA) is 47.5 Å². The van der Waals surface area contributed by atoms with E-state index < -0.39 is 0 Å². The highest BCUT2D eigenvalue weighted by Crippen LogP contribution is 2.25. The SMILES string of the molecule is CCc1ncnc(N(C)Cc2cc(OC)cc(OC)c2)c1F. The number of nitrogens with zero attached hydrogens (tertiary/aromatic N) is 3. The van der Waals surface area contributed by atoms with Crippen LogP contribution >= 0.6 is 0 Å². The fourth-order valence-electron chi connectivity index (χ4n) is 2.21. The van der Waals surface area contributed by atoms with Crippen LogP contribution < -0.4 is 14.4 Å². The summed E-state index contributed by atoms with van der Waals surface area (Å²) in [7, 11) is 4.98. The van der Waals surface area contributed by atoms with E-state index in [0.717, 1.165) is 5.56 Å². The van der Waals surface area contributed by atoms with Gasteiger partial charge in [-0.1, -0.05) is 6.92 Å². The molecular formula is C16H20FN3O2. The van der Waals surface area contributed by atoms with Gasteiger partial charge >= 0.3 is 0 Å². The average molecular weight is 305 g/mol. The Morgan fingerprint density at radius 1 is 1.09 bits per heavy atom. The van der Waals surface area contributed by atoms with E-state index in [1.54, 1.807) is 32.2 Å². The second-order valence-corrected chi connectivity index (χ2v) is 4.89. The molecule has 0 aliphatic carbocycles. The Kier molecular flexibility index (Phi) is 5.14. The molecule has 118 valence electrons. The third kappa shape index (κ3) is 3.44. The first kappa shape index (κ1) is 16.0. The van der Waals surface area contributed by atoms with Crippen LogP contribution in [0.1, 0.15) is 18.2 Å². The van der Waals surface area contributed by atoms with E-state index >= 15 is 0 Å². The van der Waals surface area contributed by atoms with E-state index in [2.05, 4.69) is 9.97 Å². The fourth-order valence-corrected chi connectivity index (χ4v) is 2.21. The second kappa shape index (κ2) is 7.06. The van der Waals surface area contributed by atoms with Crippen LogP contribution in [0.15, 0.2) is 24.5 Å². The quantitative estimate of drug-likeness (QED) is 0.821. The van der Waals surface area contributed by atoms with Crippen molar-refractivity contribution in [3.05, 3.63) is 41.6 Å². The number of benzene rings is 1. The highest BCUT2D eigenvalue weighted by atomic mass is 19.1. The van der Waals surface area contributed by atoms with Gasteiger partial charge in [0.1, 0.15) is 17.8 Å². The van der Waals surface area contributed by atoms with Crippen molar-refractivity contribution in [3.8, 4) is 11.5 Å². The maximum absolute atomic E-state index is 14.3. The zero-order chi connectivity index (χ0) is 16.1. The first-order valence-corrected chi connectivity index (χ1v) is 7.01. The molecule has 0 fully saturated rings. The summed E-state index contributed by atoms with van der Waals surface area (Å²) in [6.45, 7) is 2.34. The smallest absolute Gasteiger partial charge is 0.187 e. The summed E-state index contributed by atoms with van der Waals surface area (Å²) in [4.78, 5) is 9.73. The summed E-state index contributed by atoms with van der Waals surface area (Å²) in [6, 6.07) is 5.57. The van der Waals surface area contributed by atoms with Gasteiger partial charge in [0, 0.05) is 19.7 Å². The molecule has 5 nitrogen and oxygen atoms in total. The largest absolute Gasteiger partial charge is 0.497 e. The van der Waals surface area contributed by atoms with E-state index in [1.165, 1.54) is 6.33 Å². The monoisotopic (exact) mass is 305 g/mol. The molecule has 1 aromatic carbocycles. The van der Waals surface area contributed by atoms with E-state index in [-0.39, 0.29) is 11.6 Å². The summed E-state index contributed by atoms with van der Waals surface area (Å²) in [5, 5.41) is 0. The summed E-state index contributed by atoms with van der Waals surface area (Å²) in [6.07, 6.45) is 1.92. The molecule has 0 aliphatic heterocycles. The maximum atomic E-state index is 14.3. The first-order valence-electron chi connectivity index (χ1n) is 7.01. The number of hydrogen-bond donors (Lipinski definition) is 0. The third-order valence-corrected chi connectivity index (χ3v) is 3.37. The van der Waals surface area contributed by atoms with Gasteiger partial charge in [0.15, 0.2) is 11.6 Å². The molecule has 0 saturated heterocycles. The lowest BCUT2D eigenvalue weighted by atomic mass is 10.2. The zero-order valence-electron chi connectivity index (χ0n) is 13.3. The lowest BCUT2D eigenvalue weighted by molar-refractivity contribution is 0.393. The van der Waals surface area contributed by atoms with Crippen molar-refractivity contribution in [1.82, 2.24) is 9.97 Å². The lowest BCUT2D eigenvalue weighted by Gasteiger charge is -2.20. The standard InChI is InChI=1S/C16H20FN3O2/c1-5-14-15(17)16(19-10-18-14)20(2)9-11-6-12(21-3)8-13(7-11)22-4/h6-8,10H,5,9H2,1-4H3. The predicted octanol–water partition coefficient (Wildman–Crippen LogP) is 2.83. The lowest BCUT2D eigenvalue weighted by Crippen LogP contribution is -2.20. The number of halogens is 1. The average Bonchev–Trinajstić information content (AvgIpc) is 2.54. The molecule has 2 aromatic rings. The number of methoxy groups -OCH3 is 2. The van der Waals surface area contributed by atoms with Crippen molar-refractivity contribution in [2.45, 2.75) is 19.9 Å². The van der Waals surface area contributed by atoms with E-state index in [9.17, 15) is 4.39 Å². The molecule has 1 heterocycles. The number of aryl methyl sites for hydroxylation is 1. The van der Waals surface area contributed by atoms with Gasteiger partial charge in [-0.3, -0.25) is 0 Å². The van der Waals surface area contributed by atoms with Crippen molar-refractivity contribution >= 4 is 5.82 Å². The Hall–Kier alpha value is -2.37. The molecule has 0 atom stereocenters. The summed E-state index contributed by atoms with van der Waals surface area (Å²) < 4.78 is 24.8. The number of anilines is 1. The fraction of sp³-hybridized carbons (Fsp3) is 0.375. The molecule has 0 radical (unpaired) electrons. The third-order valence-electron chi connectivity index (χ3n) is 3.37. The Bertz CT molecular complexity index is 627. The van der Waals surface area contributed by atoms with Crippen molar-refractivity contribution in [1.29, 1.82) is 0 Å². The van der Waals surface area contributed by atoms with E-state index in [1.807, 2.05) is 19.1 Å². The molecule has 0 bridgehead atoms. The normalized spacial score (nSPS) is 10.4. The Morgan fingerprint density at radius 3 is 2.27 bits per heavy atom. The zero-order valence-corrected chi connectivity index (χ0v) is 13.3. The van der Waals surface area contributed by atoms with Gasteiger partial charge in [-0.15, -0.1) is 0 Å². The molecule has 0 saturated carbocycles. The van der Waals surface area contributed by atoms with Gasteiger partial charge in [-0.2, -0.15) is 0 Å². The second-order valence-electron chi connectivity index (χ2n) is 4.89. The Labute approximate surface area is 129 Å². The summed E-state index contributed by atoms with van der Waals surface area (Å²) >= 11 is 0. The maximum Gasteiger partial charge on any atom is 0.187 e. The number of hydrogen-bond acceptors (Lipinski definition) is 5. The van der Waals surface area contributed by atoms with Crippen molar-refractivity contribution in [3.63, 3.8) is 0 Å². The highest BCUT2D eigenvalue weighted by Gasteiger charge is 2.14. The molecule has 6 heteroatoms. The van der Waals surface area contributed by atoms with Gasteiger partial charge in [-0.25, -0.2) is 14.4 Å². The van der Waals surface area contributed by atoms with E-state index in [4.69, 9.17) is 9.47 Å². The van der Waals surface area contributed by atoms with Crippen LogP contribution in [0.25, 0.3) is 0 Å². The van der Waals surface area contributed by atoms with Crippen LogP contribution in [0.2, 0.25) is 0 Å². The predicted molar refractivity (Wildman–Crippen MR) is 83.0 cm³/mol. The van der Waals surface area contributed by atoms with Crippen LogP contribution in [0.3, 0.4) is 0 Å². The summed E-state index contributed by atoms with van der Waals surface area (Å²) in [5.41, 5.74) is 1.36. The molecule has 0 spiro atoms. The molecular weight excluding hydrogens is 285 g/mol. The Balaban J connectivity index is 2.27. The summed E-state index contributed by atoms with van der Waals surface area (Å²) in [5.74, 6) is 1.30. The number of rotatable bonds is 6. The van der Waals surface area contributed by atoms with Gasteiger partial charge in [0.2, 0.25) is 0 Å². The molecule has 0 aliphatic rings. The van der Waals surface area contributed by atoms with Crippen molar-refractivity contribution in [2.75, 3.05) is 26.2 Å². The first-order chi connectivity index (χ1) is 10.6. The van der Waals surface area contributed by atoms with E-state index in [0.29, 0.717) is 30.2 Å². The van der Waals surface area contributed by atoms with Crippen LogP contribution in [0, 0.1) is 5.82 Å². The van der Waals surface area contributed by atoms with Crippen LogP contribution in [0.5, 0.6) is 11.5 Å². The van der Waals surface area contributed by atoms with Crippen molar-refractivity contribution in [2.24, 2.45) is 0 Å². The highest BCUT2D eigenvalue weighted by molar-refractivity contribution is 5.44. The number of aromatic nitrogens is 2. The minimum absolute atomic E-state index is 0.286. The number of ether oxygens (including phenoxy) is 2. The van der Waals surface area contributed by atoms with Gasteiger partial charge in [-0.05, 0) is 24.1 Å². The molecule has 1 aromatic heterocycles. The Morgan fingerprint density at radius 2 is 1.73 bits per heavy atom.